The number of anilines is 2. The molecule has 1 aromatic rings. The van der Waals surface area contributed by atoms with Crippen LogP contribution in [-0.4, -0.2) is 18.5 Å². The Kier molecular flexibility index (Phi) is 3.97. The Morgan fingerprint density at radius 2 is 2.14 bits per heavy atom. The molecule has 3 rings (SSSR count). The molecule has 4 nitrogen and oxygen atoms in total. The molecule has 1 unspecified atom stereocenters. The Labute approximate surface area is 134 Å². The number of rotatable bonds is 5. The summed E-state index contributed by atoms with van der Waals surface area (Å²) >= 11 is 3.66. The van der Waals surface area contributed by atoms with Gasteiger partial charge in [-0.05, 0) is 53.2 Å². The lowest BCUT2D eigenvalue weighted by atomic mass is 10.1. The molecule has 1 heterocycles. The number of benzene rings is 1. The van der Waals surface area contributed by atoms with Gasteiger partial charge in [-0.2, -0.15) is 0 Å². The standard InChI is InChI=1S/C16H22BrN3O/c1-9(2)5-6-20(10-3-4-10)14-8-13-11(7-12(14)17)15(18)16(21)19-13/h7-10,15H,3-6,18H2,1-2H3,(H,19,21). The highest BCUT2D eigenvalue weighted by molar-refractivity contribution is 9.10. The zero-order valence-electron chi connectivity index (χ0n) is 12.5. The molecule has 0 aromatic heterocycles. The normalized spacial score (nSPS) is 20.6. The Morgan fingerprint density at radius 1 is 1.43 bits per heavy atom. The molecule has 5 heteroatoms. The van der Waals surface area contributed by atoms with Gasteiger partial charge in [-0.1, -0.05) is 13.8 Å². The second kappa shape index (κ2) is 5.61. The predicted molar refractivity (Wildman–Crippen MR) is 89.5 cm³/mol. The topological polar surface area (TPSA) is 58.4 Å². The van der Waals surface area contributed by atoms with Crippen LogP contribution in [-0.2, 0) is 4.79 Å². The monoisotopic (exact) mass is 351 g/mol. The minimum Gasteiger partial charge on any atom is -0.368 e. The van der Waals surface area contributed by atoms with Crippen molar-refractivity contribution in [1.82, 2.24) is 0 Å². The van der Waals surface area contributed by atoms with Crippen LogP contribution in [0.15, 0.2) is 16.6 Å². The summed E-state index contributed by atoms with van der Waals surface area (Å²) in [6.07, 6.45) is 3.69. The molecule has 1 atom stereocenters. The van der Waals surface area contributed by atoms with Crippen molar-refractivity contribution in [3.05, 3.63) is 22.2 Å². The van der Waals surface area contributed by atoms with E-state index in [9.17, 15) is 4.79 Å². The summed E-state index contributed by atoms with van der Waals surface area (Å²) in [4.78, 5) is 14.2. The molecule has 1 aliphatic heterocycles. The van der Waals surface area contributed by atoms with Crippen molar-refractivity contribution in [3.8, 4) is 0 Å². The molecule has 0 bridgehead atoms. The summed E-state index contributed by atoms with van der Waals surface area (Å²) in [7, 11) is 0. The van der Waals surface area contributed by atoms with Gasteiger partial charge in [0.2, 0.25) is 5.91 Å². The first-order valence-corrected chi connectivity index (χ1v) is 8.43. The van der Waals surface area contributed by atoms with Crippen molar-refractivity contribution in [3.63, 3.8) is 0 Å². The van der Waals surface area contributed by atoms with Crippen molar-refractivity contribution in [1.29, 1.82) is 0 Å². The zero-order valence-corrected chi connectivity index (χ0v) is 14.1. The summed E-state index contributed by atoms with van der Waals surface area (Å²) < 4.78 is 1.03. The molecule has 0 saturated heterocycles. The van der Waals surface area contributed by atoms with Gasteiger partial charge in [-0.15, -0.1) is 0 Å². The number of fused-ring (bicyclic) bond motifs is 1. The quantitative estimate of drug-likeness (QED) is 0.854. The molecular formula is C16H22BrN3O. The van der Waals surface area contributed by atoms with E-state index in [1.807, 2.05) is 6.07 Å². The zero-order chi connectivity index (χ0) is 15.1. The molecule has 0 spiro atoms. The number of hydrogen-bond donors (Lipinski definition) is 2. The van der Waals surface area contributed by atoms with Crippen molar-refractivity contribution in [2.45, 2.75) is 45.2 Å². The van der Waals surface area contributed by atoms with E-state index < -0.39 is 6.04 Å². The summed E-state index contributed by atoms with van der Waals surface area (Å²) in [5, 5.41) is 2.88. The molecule has 1 aliphatic carbocycles. The third-order valence-electron chi connectivity index (χ3n) is 4.24. The van der Waals surface area contributed by atoms with Crippen molar-refractivity contribution < 1.29 is 4.79 Å². The maximum Gasteiger partial charge on any atom is 0.245 e. The number of nitrogens with zero attached hydrogens (tertiary/aromatic N) is 1. The van der Waals surface area contributed by atoms with Crippen LogP contribution in [0.1, 0.15) is 44.7 Å². The van der Waals surface area contributed by atoms with E-state index in [0.29, 0.717) is 12.0 Å². The van der Waals surface area contributed by atoms with Crippen LogP contribution in [0.3, 0.4) is 0 Å². The van der Waals surface area contributed by atoms with E-state index in [4.69, 9.17) is 5.73 Å². The average Bonchev–Trinajstić information content (AvgIpc) is 3.21. The molecule has 0 radical (unpaired) electrons. The van der Waals surface area contributed by atoms with Crippen LogP contribution in [0.2, 0.25) is 0 Å². The molecule has 114 valence electrons. The average molecular weight is 352 g/mol. The Bertz CT molecular complexity index is 569. The highest BCUT2D eigenvalue weighted by Gasteiger charge is 2.33. The van der Waals surface area contributed by atoms with Gasteiger partial charge in [0.05, 0.1) is 5.69 Å². The number of carbonyl (C=O) groups excluding carboxylic acids is 1. The number of nitrogens with two attached hydrogens (primary N) is 1. The Hall–Kier alpha value is -1.07. The minimum absolute atomic E-state index is 0.116. The highest BCUT2D eigenvalue weighted by Crippen LogP contribution is 2.42. The Balaban J connectivity index is 1.90. The lowest BCUT2D eigenvalue weighted by Crippen LogP contribution is -2.28. The van der Waals surface area contributed by atoms with E-state index in [-0.39, 0.29) is 5.91 Å². The summed E-state index contributed by atoms with van der Waals surface area (Å²) in [6, 6.07) is 4.17. The number of amides is 1. The van der Waals surface area contributed by atoms with E-state index >= 15 is 0 Å². The maximum atomic E-state index is 11.7. The fraction of sp³-hybridized carbons (Fsp3) is 0.562. The Morgan fingerprint density at radius 3 is 2.76 bits per heavy atom. The smallest absolute Gasteiger partial charge is 0.245 e. The minimum atomic E-state index is -0.546. The summed E-state index contributed by atoms with van der Waals surface area (Å²) in [6.45, 7) is 5.56. The van der Waals surface area contributed by atoms with Gasteiger partial charge >= 0.3 is 0 Å². The second-order valence-electron chi connectivity index (χ2n) is 6.46. The summed E-state index contributed by atoms with van der Waals surface area (Å²) in [5.74, 6) is 0.571. The molecule has 3 N–H and O–H groups in total. The number of halogens is 1. The van der Waals surface area contributed by atoms with E-state index in [2.05, 4.69) is 46.1 Å². The second-order valence-corrected chi connectivity index (χ2v) is 7.32. The fourth-order valence-corrected chi connectivity index (χ4v) is 3.39. The van der Waals surface area contributed by atoms with Crippen molar-refractivity contribution >= 4 is 33.2 Å². The summed E-state index contributed by atoms with van der Waals surface area (Å²) in [5.41, 5.74) is 8.83. The molecule has 21 heavy (non-hydrogen) atoms. The predicted octanol–water partition coefficient (Wildman–Crippen LogP) is 3.42. The van der Waals surface area contributed by atoms with Gasteiger partial charge in [0.25, 0.3) is 0 Å². The molecule has 1 aromatic carbocycles. The number of carbonyl (C=O) groups is 1. The van der Waals surface area contributed by atoms with E-state index in [0.717, 1.165) is 22.3 Å². The largest absolute Gasteiger partial charge is 0.368 e. The molecule has 1 fully saturated rings. The van der Waals surface area contributed by atoms with Gasteiger partial charge in [0.15, 0.2) is 0 Å². The molecule has 2 aliphatic rings. The van der Waals surface area contributed by atoms with Crippen LogP contribution in [0, 0.1) is 5.92 Å². The van der Waals surface area contributed by atoms with Crippen LogP contribution in [0.5, 0.6) is 0 Å². The molecule has 1 amide bonds. The first kappa shape index (κ1) is 14.9. The number of hydrogen-bond acceptors (Lipinski definition) is 3. The third kappa shape index (κ3) is 2.94. The van der Waals surface area contributed by atoms with Crippen LogP contribution >= 0.6 is 15.9 Å². The van der Waals surface area contributed by atoms with Gasteiger partial charge in [0.1, 0.15) is 6.04 Å². The first-order chi connectivity index (χ1) is 9.97. The van der Waals surface area contributed by atoms with Crippen LogP contribution in [0.25, 0.3) is 0 Å². The maximum absolute atomic E-state index is 11.7. The molecular weight excluding hydrogens is 330 g/mol. The SMILES string of the molecule is CC(C)CCN(c1cc2c(cc1Br)C(N)C(=O)N2)C1CC1. The first-order valence-electron chi connectivity index (χ1n) is 7.64. The lowest BCUT2D eigenvalue weighted by Gasteiger charge is -2.27. The number of nitrogens with one attached hydrogen (secondary N) is 1. The molecule has 1 saturated carbocycles. The lowest BCUT2D eigenvalue weighted by molar-refractivity contribution is -0.116. The van der Waals surface area contributed by atoms with Gasteiger partial charge in [-0.3, -0.25) is 4.79 Å². The van der Waals surface area contributed by atoms with Crippen LogP contribution in [0.4, 0.5) is 11.4 Å². The van der Waals surface area contributed by atoms with Crippen molar-refractivity contribution in [2.75, 3.05) is 16.8 Å². The van der Waals surface area contributed by atoms with Gasteiger partial charge < -0.3 is 16.0 Å². The van der Waals surface area contributed by atoms with Gasteiger partial charge in [-0.25, -0.2) is 0 Å². The third-order valence-corrected chi connectivity index (χ3v) is 4.87. The fourth-order valence-electron chi connectivity index (χ4n) is 2.80. The van der Waals surface area contributed by atoms with Gasteiger partial charge in [0, 0.05) is 28.3 Å². The van der Waals surface area contributed by atoms with E-state index in [1.54, 1.807) is 0 Å². The highest BCUT2D eigenvalue weighted by atomic mass is 79.9. The van der Waals surface area contributed by atoms with Crippen molar-refractivity contribution in [2.24, 2.45) is 11.7 Å². The van der Waals surface area contributed by atoms with E-state index in [1.165, 1.54) is 24.9 Å². The van der Waals surface area contributed by atoms with Crippen LogP contribution < -0.4 is 16.0 Å².